The maximum atomic E-state index is 8.90. The molecular weight excluding hydrogens is 300 g/mol. The van der Waals surface area contributed by atoms with Gasteiger partial charge in [-0.2, -0.15) is 5.26 Å². The monoisotopic (exact) mass is 318 g/mol. The van der Waals surface area contributed by atoms with Crippen molar-refractivity contribution in [2.75, 3.05) is 14.2 Å². The van der Waals surface area contributed by atoms with Crippen LogP contribution >= 0.6 is 0 Å². The van der Waals surface area contributed by atoms with Crippen LogP contribution in [0.25, 0.3) is 10.8 Å². The number of nitrogens with zero attached hydrogens (tertiary/aromatic N) is 2. The number of fused-ring (bicyclic) bond motifs is 1. The first-order valence-electron chi connectivity index (χ1n) is 7.66. The molecule has 0 bridgehead atoms. The molecule has 2 aromatic carbocycles. The van der Waals surface area contributed by atoms with E-state index >= 15 is 0 Å². The van der Waals surface area contributed by atoms with E-state index in [0.717, 1.165) is 39.1 Å². The molecule has 0 aliphatic rings. The van der Waals surface area contributed by atoms with Crippen LogP contribution in [-0.2, 0) is 6.42 Å². The minimum absolute atomic E-state index is 0.554. The van der Waals surface area contributed by atoms with E-state index in [1.807, 2.05) is 37.3 Å². The zero-order valence-corrected chi connectivity index (χ0v) is 14.0. The largest absolute Gasteiger partial charge is 0.496 e. The zero-order valence-electron chi connectivity index (χ0n) is 14.0. The smallest absolute Gasteiger partial charge is 0.130 e. The standard InChI is InChI=1S/C20H18N2O2/c1-13-18(10-15-9-8-14(11-21)12-22-15)20(24-3)17-7-5-4-6-16(17)19(13)23-2/h4-9,12H,10H2,1-3H3. The Balaban J connectivity index is 2.18. The van der Waals surface area contributed by atoms with E-state index in [9.17, 15) is 0 Å². The average Bonchev–Trinajstić information content (AvgIpc) is 2.63. The van der Waals surface area contributed by atoms with Gasteiger partial charge < -0.3 is 9.47 Å². The van der Waals surface area contributed by atoms with Gasteiger partial charge in [0.15, 0.2) is 0 Å². The molecule has 3 rings (SSSR count). The molecule has 120 valence electrons. The summed E-state index contributed by atoms with van der Waals surface area (Å²) in [5, 5.41) is 11.0. The van der Waals surface area contributed by atoms with Crippen LogP contribution in [-0.4, -0.2) is 19.2 Å². The lowest BCUT2D eigenvalue weighted by atomic mass is 9.95. The molecule has 0 spiro atoms. The van der Waals surface area contributed by atoms with Gasteiger partial charge in [-0.15, -0.1) is 0 Å². The fraction of sp³-hybridized carbons (Fsp3) is 0.200. The molecule has 0 saturated carbocycles. The Morgan fingerprint density at radius 1 is 1.00 bits per heavy atom. The number of aromatic nitrogens is 1. The van der Waals surface area contributed by atoms with Gasteiger partial charge in [0.25, 0.3) is 0 Å². The number of methoxy groups -OCH3 is 2. The van der Waals surface area contributed by atoms with Crippen LogP contribution in [0.1, 0.15) is 22.4 Å². The van der Waals surface area contributed by atoms with Crippen molar-refractivity contribution in [3.05, 3.63) is 65.0 Å². The number of ether oxygens (including phenoxy) is 2. The lowest BCUT2D eigenvalue weighted by molar-refractivity contribution is 0.404. The van der Waals surface area contributed by atoms with Crippen LogP contribution in [0.2, 0.25) is 0 Å². The summed E-state index contributed by atoms with van der Waals surface area (Å²) in [6.45, 7) is 2.03. The highest BCUT2D eigenvalue weighted by Crippen LogP contribution is 2.41. The first-order chi connectivity index (χ1) is 11.7. The van der Waals surface area contributed by atoms with E-state index in [0.29, 0.717) is 12.0 Å². The molecule has 1 heterocycles. The number of benzene rings is 2. The van der Waals surface area contributed by atoms with Crippen molar-refractivity contribution in [3.8, 4) is 17.6 Å². The van der Waals surface area contributed by atoms with Crippen LogP contribution in [0.3, 0.4) is 0 Å². The molecule has 0 unspecified atom stereocenters. The molecule has 4 nitrogen and oxygen atoms in total. The van der Waals surface area contributed by atoms with E-state index in [1.165, 1.54) is 0 Å². The number of hydrogen-bond donors (Lipinski definition) is 0. The van der Waals surface area contributed by atoms with Gasteiger partial charge in [-0.1, -0.05) is 24.3 Å². The van der Waals surface area contributed by atoms with Gasteiger partial charge in [-0.05, 0) is 24.6 Å². The van der Waals surface area contributed by atoms with Crippen molar-refractivity contribution in [1.82, 2.24) is 4.98 Å². The summed E-state index contributed by atoms with van der Waals surface area (Å²) >= 11 is 0. The third-order valence-electron chi connectivity index (χ3n) is 4.20. The fourth-order valence-electron chi connectivity index (χ4n) is 3.04. The number of rotatable bonds is 4. The third kappa shape index (κ3) is 2.65. The SMILES string of the molecule is COc1c(C)c(Cc2ccc(C#N)cn2)c(OC)c2ccccc12. The molecular formula is C20H18N2O2. The van der Waals surface area contributed by atoms with Crippen LogP contribution in [0, 0.1) is 18.3 Å². The predicted molar refractivity (Wildman–Crippen MR) is 93.5 cm³/mol. The van der Waals surface area contributed by atoms with E-state index in [4.69, 9.17) is 14.7 Å². The summed E-state index contributed by atoms with van der Waals surface area (Å²) in [4.78, 5) is 4.38. The van der Waals surface area contributed by atoms with Crippen molar-refractivity contribution in [1.29, 1.82) is 5.26 Å². The molecule has 0 saturated heterocycles. The van der Waals surface area contributed by atoms with Crippen LogP contribution in [0.5, 0.6) is 11.5 Å². The molecule has 0 aliphatic heterocycles. The second-order valence-corrected chi connectivity index (χ2v) is 5.54. The maximum absolute atomic E-state index is 8.90. The summed E-state index contributed by atoms with van der Waals surface area (Å²) in [6, 6.07) is 13.8. The second kappa shape index (κ2) is 6.59. The van der Waals surface area contributed by atoms with Crippen molar-refractivity contribution < 1.29 is 9.47 Å². The number of hydrogen-bond acceptors (Lipinski definition) is 4. The molecule has 0 radical (unpaired) electrons. The Morgan fingerprint density at radius 2 is 1.67 bits per heavy atom. The summed E-state index contributed by atoms with van der Waals surface area (Å²) in [6.07, 6.45) is 2.21. The molecule has 1 aromatic heterocycles. The Morgan fingerprint density at radius 3 is 2.21 bits per heavy atom. The van der Waals surface area contributed by atoms with Gasteiger partial charge in [0.05, 0.1) is 19.8 Å². The molecule has 0 amide bonds. The Hall–Kier alpha value is -3.06. The Labute approximate surface area is 141 Å². The Bertz CT molecular complexity index is 925. The topological polar surface area (TPSA) is 55.1 Å². The molecule has 0 aliphatic carbocycles. The van der Waals surface area contributed by atoms with Crippen LogP contribution in [0.15, 0.2) is 42.6 Å². The second-order valence-electron chi connectivity index (χ2n) is 5.54. The van der Waals surface area contributed by atoms with Gasteiger partial charge in [0.2, 0.25) is 0 Å². The highest BCUT2D eigenvalue weighted by Gasteiger charge is 2.18. The lowest BCUT2D eigenvalue weighted by Crippen LogP contribution is -2.02. The quantitative estimate of drug-likeness (QED) is 0.729. The molecule has 4 heteroatoms. The fourth-order valence-corrected chi connectivity index (χ4v) is 3.04. The first-order valence-corrected chi connectivity index (χ1v) is 7.66. The van der Waals surface area contributed by atoms with Gasteiger partial charge in [0, 0.05) is 34.6 Å². The average molecular weight is 318 g/mol. The minimum atomic E-state index is 0.554. The highest BCUT2D eigenvalue weighted by atomic mass is 16.5. The molecule has 24 heavy (non-hydrogen) atoms. The molecule has 0 fully saturated rings. The van der Waals surface area contributed by atoms with E-state index < -0.39 is 0 Å². The van der Waals surface area contributed by atoms with Crippen molar-refractivity contribution in [2.45, 2.75) is 13.3 Å². The van der Waals surface area contributed by atoms with Gasteiger partial charge >= 0.3 is 0 Å². The third-order valence-corrected chi connectivity index (χ3v) is 4.20. The van der Waals surface area contributed by atoms with Crippen molar-refractivity contribution in [2.24, 2.45) is 0 Å². The first kappa shape index (κ1) is 15.8. The summed E-state index contributed by atoms with van der Waals surface area (Å²) < 4.78 is 11.4. The van der Waals surface area contributed by atoms with E-state index in [2.05, 4.69) is 11.1 Å². The molecule has 0 atom stereocenters. The van der Waals surface area contributed by atoms with Gasteiger partial charge in [-0.25, -0.2) is 0 Å². The van der Waals surface area contributed by atoms with Crippen LogP contribution < -0.4 is 9.47 Å². The zero-order chi connectivity index (χ0) is 17.1. The normalized spacial score (nSPS) is 10.4. The predicted octanol–water partition coefficient (Wildman–Crippen LogP) is 4.02. The summed E-state index contributed by atoms with van der Waals surface area (Å²) in [5.41, 5.74) is 3.52. The number of nitriles is 1. The summed E-state index contributed by atoms with van der Waals surface area (Å²) in [5.74, 6) is 1.70. The molecule has 3 aromatic rings. The van der Waals surface area contributed by atoms with Crippen LogP contribution in [0.4, 0.5) is 0 Å². The number of pyridine rings is 1. The maximum Gasteiger partial charge on any atom is 0.130 e. The van der Waals surface area contributed by atoms with Gasteiger partial charge in [-0.3, -0.25) is 4.98 Å². The van der Waals surface area contributed by atoms with E-state index in [1.54, 1.807) is 26.5 Å². The minimum Gasteiger partial charge on any atom is -0.496 e. The highest BCUT2D eigenvalue weighted by molar-refractivity contribution is 5.96. The Kier molecular flexibility index (Phi) is 4.35. The van der Waals surface area contributed by atoms with Crippen molar-refractivity contribution in [3.63, 3.8) is 0 Å². The van der Waals surface area contributed by atoms with Crippen molar-refractivity contribution >= 4 is 10.8 Å². The lowest BCUT2D eigenvalue weighted by Gasteiger charge is -2.18. The molecule has 0 N–H and O–H groups in total. The summed E-state index contributed by atoms with van der Waals surface area (Å²) in [7, 11) is 3.37. The van der Waals surface area contributed by atoms with Gasteiger partial charge in [0.1, 0.15) is 17.6 Å². The van der Waals surface area contributed by atoms with E-state index in [-0.39, 0.29) is 0 Å².